The summed E-state index contributed by atoms with van der Waals surface area (Å²) in [5, 5.41) is 1.39. The van der Waals surface area contributed by atoms with Crippen molar-refractivity contribution in [2.24, 2.45) is 0 Å². The second-order valence-corrected chi connectivity index (χ2v) is 10.1. The molecule has 0 radical (unpaired) electrons. The van der Waals surface area contributed by atoms with Crippen LogP contribution >= 0.6 is 11.6 Å². The zero-order chi connectivity index (χ0) is 25.4. The van der Waals surface area contributed by atoms with Crippen LogP contribution in [0.25, 0.3) is 33.2 Å². The summed E-state index contributed by atoms with van der Waals surface area (Å²) in [6.45, 7) is 10.1. The molecule has 1 fully saturated rings. The summed E-state index contributed by atoms with van der Waals surface area (Å²) in [5.41, 5.74) is 5.41. The van der Waals surface area contributed by atoms with Crippen LogP contribution < -0.4 is 9.64 Å². The minimum Gasteiger partial charge on any atom is -0.495 e. The van der Waals surface area contributed by atoms with E-state index in [9.17, 15) is 0 Å². The van der Waals surface area contributed by atoms with Gasteiger partial charge < -0.3 is 14.4 Å². The Hall–Kier alpha value is -3.22. The molecule has 4 aromatic rings. The van der Waals surface area contributed by atoms with Crippen LogP contribution in [0.2, 0.25) is 5.15 Å². The molecule has 1 saturated heterocycles. The van der Waals surface area contributed by atoms with Gasteiger partial charge in [0.25, 0.3) is 0 Å². The van der Waals surface area contributed by atoms with E-state index >= 15 is 0 Å². The summed E-state index contributed by atoms with van der Waals surface area (Å²) < 4.78 is 11.8. The van der Waals surface area contributed by atoms with Gasteiger partial charge in [-0.25, -0.2) is 9.97 Å². The van der Waals surface area contributed by atoms with Crippen LogP contribution in [0.5, 0.6) is 5.75 Å². The number of pyridine rings is 3. The van der Waals surface area contributed by atoms with Crippen molar-refractivity contribution in [3.63, 3.8) is 0 Å². The topological polar surface area (TPSA) is 60.4 Å². The third-order valence-electron chi connectivity index (χ3n) is 6.61. The first-order valence-corrected chi connectivity index (χ1v) is 12.7. The molecule has 5 rings (SSSR count). The van der Waals surface area contributed by atoms with E-state index in [-0.39, 0.29) is 12.2 Å². The Balaban J connectivity index is 1.53. The number of para-hydroxylation sites is 1. The van der Waals surface area contributed by atoms with Crippen molar-refractivity contribution in [3.8, 4) is 28.0 Å². The molecule has 3 aromatic heterocycles. The number of fused-ring (bicyclic) bond motifs is 1. The lowest BCUT2D eigenvalue weighted by atomic mass is 9.99. The zero-order valence-corrected chi connectivity index (χ0v) is 22.1. The van der Waals surface area contributed by atoms with Crippen LogP contribution in [-0.4, -0.2) is 47.4 Å². The molecule has 1 aliphatic heterocycles. The molecule has 2 atom stereocenters. The summed E-state index contributed by atoms with van der Waals surface area (Å²) in [4.78, 5) is 16.5. The van der Waals surface area contributed by atoms with Crippen molar-refractivity contribution in [2.45, 2.75) is 45.8 Å². The molecule has 4 heterocycles. The number of ether oxygens (including phenoxy) is 2. The van der Waals surface area contributed by atoms with Crippen LogP contribution in [0.15, 0.2) is 54.9 Å². The standard InChI is InChI=1S/C29H31ClN4O2/c1-17(2)25-11-10-22(29(30)33-25)21-7-6-8-23-27(21)32-14-24(28(23)35-5)20-9-12-26(31-13-20)34-15-18(3)36-19(4)16-34/h6-14,17-19H,15-16H2,1-5H3/t18-,19?/m1/s1. The number of nitrogens with zero attached hydrogens (tertiary/aromatic N) is 4. The fourth-order valence-electron chi connectivity index (χ4n) is 4.91. The number of halogens is 1. The molecule has 0 bridgehead atoms. The highest BCUT2D eigenvalue weighted by molar-refractivity contribution is 6.32. The molecule has 0 N–H and O–H groups in total. The van der Waals surface area contributed by atoms with Gasteiger partial charge in [-0.1, -0.05) is 37.6 Å². The number of aromatic nitrogens is 3. The summed E-state index contributed by atoms with van der Waals surface area (Å²) in [6, 6.07) is 14.2. The van der Waals surface area contributed by atoms with Gasteiger partial charge in [-0.05, 0) is 50.1 Å². The lowest BCUT2D eigenvalue weighted by Gasteiger charge is -2.36. The lowest BCUT2D eigenvalue weighted by Crippen LogP contribution is -2.45. The summed E-state index contributed by atoms with van der Waals surface area (Å²) in [6.07, 6.45) is 4.10. The Morgan fingerprint density at radius 1 is 0.944 bits per heavy atom. The van der Waals surface area contributed by atoms with Gasteiger partial charge >= 0.3 is 0 Å². The van der Waals surface area contributed by atoms with Crippen LogP contribution in [0, 0.1) is 0 Å². The van der Waals surface area contributed by atoms with E-state index in [4.69, 9.17) is 31.0 Å². The van der Waals surface area contributed by atoms with Crippen molar-refractivity contribution in [2.75, 3.05) is 25.1 Å². The molecular weight excluding hydrogens is 472 g/mol. The summed E-state index contributed by atoms with van der Waals surface area (Å²) >= 11 is 6.62. The maximum Gasteiger partial charge on any atom is 0.137 e. The third kappa shape index (κ3) is 4.63. The van der Waals surface area contributed by atoms with Crippen molar-refractivity contribution in [3.05, 3.63) is 65.7 Å². The fraction of sp³-hybridized carbons (Fsp3) is 0.345. The Kier molecular flexibility index (Phi) is 6.82. The number of morpholine rings is 1. The molecule has 1 aliphatic rings. The molecule has 1 unspecified atom stereocenters. The minimum atomic E-state index is 0.180. The largest absolute Gasteiger partial charge is 0.495 e. The molecule has 0 amide bonds. The normalized spacial score (nSPS) is 18.1. The van der Waals surface area contributed by atoms with Crippen molar-refractivity contribution >= 4 is 28.3 Å². The molecule has 186 valence electrons. The maximum atomic E-state index is 6.62. The first kappa shape index (κ1) is 24.5. The van der Waals surface area contributed by atoms with Crippen molar-refractivity contribution in [1.82, 2.24) is 15.0 Å². The second-order valence-electron chi connectivity index (χ2n) is 9.70. The van der Waals surface area contributed by atoms with E-state index < -0.39 is 0 Å². The van der Waals surface area contributed by atoms with Gasteiger partial charge in [-0.2, -0.15) is 0 Å². The van der Waals surface area contributed by atoms with E-state index in [0.717, 1.165) is 63.5 Å². The number of methoxy groups -OCH3 is 1. The van der Waals surface area contributed by atoms with Gasteiger partial charge in [-0.15, -0.1) is 0 Å². The predicted molar refractivity (Wildman–Crippen MR) is 146 cm³/mol. The smallest absolute Gasteiger partial charge is 0.137 e. The van der Waals surface area contributed by atoms with Crippen LogP contribution in [0.3, 0.4) is 0 Å². The predicted octanol–water partition coefficient (Wildman–Crippen LogP) is 6.76. The van der Waals surface area contributed by atoms with Crippen LogP contribution in [0.1, 0.15) is 39.3 Å². The van der Waals surface area contributed by atoms with E-state index in [1.54, 1.807) is 7.11 Å². The highest BCUT2D eigenvalue weighted by atomic mass is 35.5. The molecule has 7 heteroatoms. The van der Waals surface area contributed by atoms with Crippen LogP contribution in [-0.2, 0) is 4.74 Å². The lowest BCUT2D eigenvalue weighted by molar-refractivity contribution is -0.00545. The summed E-state index contributed by atoms with van der Waals surface area (Å²) in [5.74, 6) is 2.01. The first-order chi connectivity index (χ1) is 17.4. The Bertz CT molecular complexity index is 1380. The van der Waals surface area contributed by atoms with Crippen molar-refractivity contribution in [1.29, 1.82) is 0 Å². The Morgan fingerprint density at radius 3 is 2.36 bits per heavy atom. The number of rotatable bonds is 5. The average molecular weight is 503 g/mol. The molecule has 0 saturated carbocycles. The minimum absolute atomic E-state index is 0.180. The van der Waals surface area contributed by atoms with E-state index in [1.165, 1.54) is 0 Å². The van der Waals surface area contributed by atoms with E-state index in [1.807, 2.05) is 42.7 Å². The second kappa shape index (κ2) is 10.0. The maximum absolute atomic E-state index is 6.62. The number of hydrogen-bond acceptors (Lipinski definition) is 6. The van der Waals surface area contributed by atoms with Gasteiger partial charge in [0.05, 0.1) is 24.8 Å². The van der Waals surface area contributed by atoms with Gasteiger partial charge in [-0.3, -0.25) is 4.98 Å². The number of anilines is 1. The molecule has 0 spiro atoms. The van der Waals surface area contributed by atoms with Crippen LogP contribution in [0.4, 0.5) is 5.82 Å². The molecule has 6 nitrogen and oxygen atoms in total. The first-order valence-electron chi connectivity index (χ1n) is 12.3. The Morgan fingerprint density at radius 2 is 1.72 bits per heavy atom. The SMILES string of the molecule is COc1c(-c2ccc(N3CC(C)O[C@H](C)C3)nc2)cnc2c(-c3ccc(C(C)C)nc3Cl)cccc12. The fourth-order valence-corrected chi connectivity index (χ4v) is 5.17. The van der Waals surface area contributed by atoms with E-state index in [0.29, 0.717) is 11.1 Å². The van der Waals surface area contributed by atoms with Gasteiger partial charge in [0.1, 0.15) is 16.7 Å². The quantitative estimate of drug-likeness (QED) is 0.281. The molecular formula is C29H31ClN4O2. The zero-order valence-electron chi connectivity index (χ0n) is 21.3. The molecule has 0 aliphatic carbocycles. The molecule has 36 heavy (non-hydrogen) atoms. The van der Waals surface area contributed by atoms with Gasteiger partial charge in [0, 0.05) is 58.8 Å². The third-order valence-corrected chi connectivity index (χ3v) is 6.89. The highest BCUT2D eigenvalue weighted by Gasteiger charge is 2.23. The summed E-state index contributed by atoms with van der Waals surface area (Å²) in [7, 11) is 1.69. The molecule has 1 aromatic carbocycles. The Labute approximate surface area is 217 Å². The van der Waals surface area contributed by atoms with Crippen molar-refractivity contribution < 1.29 is 9.47 Å². The number of hydrogen-bond donors (Lipinski definition) is 0. The average Bonchev–Trinajstić information content (AvgIpc) is 2.87. The highest BCUT2D eigenvalue weighted by Crippen LogP contribution is 2.40. The van der Waals surface area contributed by atoms with Gasteiger partial charge in [0.2, 0.25) is 0 Å². The monoisotopic (exact) mass is 502 g/mol. The van der Waals surface area contributed by atoms with E-state index in [2.05, 4.69) is 49.7 Å². The van der Waals surface area contributed by atoms with Gasteiger partial charge in [0.15, 0.2) is 0 Å². The number of benzene rings is 1.